The van der Waals surface area contributed by atoms with Crippen molar-refractivity contribution in [1.82, 2.24) is 10.2 Å². The van der Waals surface area contributed by atoms with Crippen molar-refractivity contribution in [2.75, 3.05) is 12.3 Å². The average molecular weight is 548 g/mol. The number of carbonyl (C=O) groups is 2. The lowest BCUT2D eigenvalue weighted by Gasteiger charge is -2.31. The molecule has 0 heterocycles. The van der Waals surface area contributed by atoms with E-state index in [9.17, 15) is 14.0 Å². The van der Waals surface area contributed by atoms with E-state index in [2.05, 4.69) is 5.32 Å². The predicted molar refractivity (Wildman–Crippen MR) is 147 cm³/mol. The van der Waals surface area contributed by atoms with Gasteiger partial charge in [-0.05, 0) is 47.4 Å². The monoisotopic (exact) mass is 546 g/mol. The van der Waals surface area contributed by atoms with Crippen LogP contribution in [0.15, 0.2) is 72.8 Å². The maximum absolute atomic E-state index is 13.6. The summed E-state index contributed by atoms with van der Waals surface area (Å²) in [6.45, 7) is 2.69. The molecule has 0 radical (unpaired) electrons. The minimum Gasteiger partial charge on any atom is -0.354 e. The lowest BCUT2D eigenvalue weighted by atomic mass is 10.0. The number of thioether (sulfide) groups is 1. The third kappa shape index (κ3) is 8.54. The summed E-state index contributed by atoms with van der Waals surface area (Å²) in [5.41, 5.74) is 2.58. The highest BCUT2D eigenvalue weighted by Crippen LogP contribution is 2.25. The van der Waals surface area contributed by atoms with Crippen molar-refractivity contribution in [1.29, 1.82) is 0 Å². The van der Waals surface area contributed by atoms with E-state index in [4.69, 9.17) is 23.2 Å². The minimum absolute atomic E-state index is 0.159. The minimum atomic E-state index is -0.712. The number of hydrogen-bond donors (Lipinski definition) is 1. The lowest BCUT2D eigenvalue weighted by Crippen LogP contribution is -2.51. The summed E-state index contributed by atoms with van der Waals surface area (Å²) >= 11 is 13.7. The quantitative estimate of drug-likeness (QED) is 0.281. The van der Waals surface area contributed by atoms with Gasteiger partial charge in [-0.2, -0.15) is 0 Å². The summed E-state index contributed by atoms with van der Waals surface area (Å²) in [6, 6.07) is 20.2. The normalized spacial score (nSPS) is 11.7. The van der Waals surface area contributed by atoms with Crippen LogP contribution in [0.3, 0.4) is 0 Å². The first-order valence-corrected chi connectivity index (χ1v) is 13.7. The highest BCUT2D eigenvalue weighted by molar-refractivity contribution is 7.99. The van der Waals surface area contributed by atoms with Crippen LogP contribution in [0.4, 0.5) is 4.39 Å². The predicted octanol–water partition coefficient (Wildman–Crippen LogP) is 6.53. The Labute approximate surface area is 226 Å². The first kappa shape index (κ1) is 28.0. The van der Waals surface area contributed by atoms with Crippen molar-refractivity contribution in [2.45, 2.75) is 38.1 Å². The van der Waals surface area contributed by atoms with Gasteiger partial charge in [0.15, 0.2) is 0 Å². The molecule has 4 nitrogen and oxygen atoms in total. The molecule has 1 atom stereocenters. The molecule has 0 saturated heterocycles. The van der Waals surface area contributed by atoms with E-state index in [1.807, 2.05) is 43.3 Å². The number of halogens is 3. The number of benzene rings is 3. The van der Waals surface area contributed by atoms with Gasteiger partial charge in [0.05, 0.1) is 5.75 Å². The van der Waals surface area contributed by atoms with Crippen LogP contribution in [0.2, 0.25) is 10.0 Å². The number of rotatable bonds is 12. The second-order valence-corrected chi connectivity index (χ2v) is 10.2. The molecule has 190 valence electrons. The topological polar surface area (TPSA) is 49.4 Å². The van der Waals surface area contributed by atoms with Crippen LogP contribution in [0, 0.1) is 5.82 Å². The maximum atomic E-state index is 13.6. The summed E-state index contributed by atoms with van der Waals surface area (Å²) in [5.74, 6) is -0.0539. The van der Waals surface area contributed by atoms with Crippen LogP contribution in [-0.2, 0) is 28.3 Å². The molecular weight excluding hydrogens is 518 g/mol. The second-order valence-electron chi connectivity index (χ2n) is 8.37. The van der Waals surface area contributed by atoms with Crippen molar-refractivity contribution in [3.63, 3.8) is 0 Å². The molecule has 0 aliphatic heterocycles. The standard InChI is InChI=1S/C28H29Cl2FN2O2S/c1-2-14-32-28(35)26(15-20-6-4-3-5-7-20)33(17-21-8-12-24(31)13-9-21)27(34)19-36-18-22-10-11-23(29)16-25(22)30/h3-13,16,26H,2,14-15,17-19H2,1H3,(H,32,35). The van der Waals surface area contributed by atoms with Crippen molar-refractivity contribution < 1.29 is 14.0 Å². The van der Waals surface area contributed by atoms with Gasteiger partial charge in [0.25, 0.3) is 0 Å². The Bertz CT molecular complexity index is 1150. The van der Waals surface area contributed by atoms with Crippen LogP contribution in [0.1, 0.15) is 30.0 Å². The van der Waals surface area contributed by atoms with Gasteiger partial charge in [-0.25, -0.2) is 4.39 Å². The molecule has 0 saturated carbocycles. The Morgan fingerprint density at radius 2 is 1.72 bits per heavy atom. The lowest BCUT2D eigenvalue weighted by molar-refractivity contribution is -0.139. The Kier molecular flexibility index (Phi) is 11.1. The first-order valence-electron chi connectivity index (χ1n) is 11.7. The smallest absolute Gasteiger partial charge is 0.243 e. The van der Waals surface area contributed by atoms with Crippen molar-refractivity contribution in [3.8, 4) is 0 Å². The van der Waals surface area contributed by atoms with Gasteiger partial charge >= 0.3 is 0 Å². The van der Waals surface area contributed by atoms with E-state index < -0.39 is 6.04 Å². The van der Waals surface area contributed by atoms with Gasteiger partial charge in [-0.1, -0.05) is 78.7 Å². The molecule has 1 unspecified atom stereocenters. The Balaban J connectivity index is 1.83. The number of nitrogens with one attached hydrogen (secondary N) is 1. The Morgan fingerprint density at radius 3 is 2.39 bits per heavy atom. The van der Waals surface area contributed by atoms with Crippen LogP contribution in [0.5, 0.6) is 0 Å². The van der Waals surface area contributed by atoms with Gasteiger partial charge in [0.2, 0.25) is 11.8 Å². The third-order valence-electron chi connectivity index (χ3n) is 5.58. The zero-order chi connectivity index (χ0) is 25.9. The number of carbonyl (C=O) groups excluding carboxylic acids is 2. The highest BCUT2D eigenvalue weighted by atomic mass is 35.5. The van der Waals surface area contributed by atoms with Gasteiger partial charge in [-0.15, -0.1) is 11.8 Å². The van der Waals surface area contributed by atoms with Crippen molar-refractivity contribution >= 4 is 46.8 Å². The van der Waals surface area contributed by atoms with Crippen LogP contribution in [0.25, 0.3) is 0 Å². The number of amides is 2. The molecule has 2 amide bonds. The third-order valence-corrected chi connectivity index (χ3v) is 7.14. The van der Waals surface area contributed by atoms with Crippen LogP contribution in [-0.4, -0.2) is 35.1 Å². The molecule has 1 N–H and O–H groups in total. The van der Waals surface area contributed by atoms with E-state index in [1.165, 1.54) is 23.9 Å². The average Bonchev–Trinajstić information content (AvgIpc) is 2.87. The first-order chi connectivity index (χ1) is 17.4. The highest BCUT2D eigenvalue weighted by Gasteiger charge is 2.30. The molecule has 0 spiro atoms. The molecule has 0 aliphatic carbocycles. The molecule has 3 rings (SSSR count). The van der Waals surface area contributed by atoms with Gasteiger partial charge in [-0.3, -0.25) is 9.59 Å². The van der Waals surface area contributed by atoms with E-state index in [1.54, 1.807) is 29.2 Å². The molecule has 3 aromatic rings. The van der Waals surface area contributed by atoms with Gasteiger partial charge in [0, 0.05) is 35.3 Å². The van der Waals surface area contributed by atoms with E-state index in [-0.39, 0.29) is 29.9 Å². The Hall–Kier alpha value is -2.54. The van der Waals surface area contributed by atoms with E-state index in [0.29, 0.717) is 28.8 Å². The molecule has 3 aromatic carbocycles. The summed E-state index contributed by atoms with van der Waals surface area (Å²) < 4.78 is 13.5. The van der Waals surface area contributed by atoms with E-state index in [0.717, 1.165) is 23.1 Å². The molecule has 0 aliphatic rings. The summed E-state index contributed by atoms with van der Waals surface area (Å²) in [5, 5.41) is 4.05. The Morgan fingerprint density at radius 1 is 1.00 bits per heavy atom. The van der Waals surface area contributed by atoms with Crippen molar-refractivity contribution in [2.24, 2.45) is 0 Å². The molecule has 0 bridgehead atoms. The fourth-order valence-corrected chi connectivity index (χ4v) is 5.15. The number of hydrogen-bond acceptors (Lipinski definition) is 3. The van der Waals surface area contributed by atoms with Gasteiger partial charge < -0.3 is 10.2 Å². The molecule has 0 aromatic heterocycles. The van der Waals surface area contributed by atoms with Gasteiger partial charge in [0.1, 0.15) is 11.9 Å². The fraction of sp³-hybridized carbons (Fsp3) is 0.286. The van der Waals surface area contributed by atoms with E-state index >= 15 is 0 Å². The fourth-order valence-electron chi connectivity index (χ4n) is 3.68. The number of nitrogens with zero attached hydrogens (tertiary/aromatic N) is 1. The van der Waals surface area contributed by atoms with Crippen molar-refractivity contribution in [3.05, 3.63) is 105 Å². The largest absolute Gasteiger partial charge is 0.354 e. The molecule has 0 fully saturated rings. The summed E-state index contributed by atoms with van der Waals surface area (Å²) in [6.07, 6.45) is 1.16. The molecular formula is C28H29Cl2FN2O2S. The van der Waals surface area contributed by atoms with Crippen LogP contribution < -0.4 is 5.32 Å². The zero-order valence-electron chi connectivity index (χ0n) is 20.1. The molecule has 8 heteroatoms. The maximum Gasteiger partial charge on any atom is 0.243 e. The zero-order valence-corrected chi connectivity index (χ0v) is 22.4. The van der Waals surface area contributed by atoms with Crippen LogP contribution >= 0.6 is 35.0 Å². The second kappa shape index (κ2) is 14.3. The summed E-state index contributed by atoms with van der Waals surface area (Å²) in [7, 11) is 0. The SMILES string of the molecule is CCCNC(=O)C(Cc1ccccc1)N(Cc1ccc(F)cc1)C(=O)CSCc1ccc(Cl)cc1Cl. The summed E-state index contributed by atoms with van der Waals surface area (Å²) in [4.78, 5) is 28.4. The molecule has 36 heavy (non-hydrogen) atoms.